The van der Waals surface area contributed by atoms with Crippen molar-refractivity contribution in [2.45, 2.75) is 55.9 Å². The highest BCUT2D eigenvalue weighted by Crippen LogP contribution is 2.45. The topological polar surface area (TPSA) is 93.3 Å². The highest BCUT2D eigenvalue weighted by Gasteiger charge is 2.53. The molecule has 0 unspecified atom stereocenters. The van der Waals surface area contributed by atoms with Crippen molar-refractivity contribution in [1.29, 1.82) is 5.26 Å². The van der Waals surface area contributed by atoms with Gasteiger partial charge in [-0.1, -0.05) is 60.7 Å². The summed E-state index contributed by atoms with van der Waals surface area (Å²) in [5, 5.41) is 18.0. The lowest BCUT2D eigenvalue weighted by atomic mass is 9.75. The number of aromatic nitrogens is 3. The summed E-state index contributed by atoms with van der Waals surface area (Å²) in [6.07, 6.45) is -9.15. The largest absolute Gasteiger partial charge is 0.445 e. The molecule has 8 nitrogen and oxygen atoms in total. The molecule has 246 valence electrons. The van der Waals surface area contributed by atoms with Gasteiger partial charge in [-0.25, -0.2) is 4.79 Å². The first-order chi connectivity index (χ1) is 22.3. The van der Waals surface area contributed by atoms with Gasteiger partial charge in [-0.05, 0) is 54.7 Å². The second kappa shape index (κ2) is 13.1. The predicted octanol–water partition coefficient (Wildman–Crippen LogP) is 7.64. The molecule has 0 N–H and O–H groups in total. The molecule has 5 rings (SSSR count). The van der Waals surface area contributed by atoms with Gasteiger partial charge in [0.05, 0.1) is 42.0 Å². The highest BCUT2D eigenvalue weighted by atomic mass is 19.4. The molecule has 0 saturated carbocycles. The van der Waals surface area contributed by atoms with Gasteiger partial charge in [0.25, 0.3) is 0 Å². The number of piperidine rings is 1. The summed E-state index contributed by atoms with van der Waals surface area (Å²) in [5.74, 6) is 0. The van der Waals surface area contributed by atoms with Crippen LogP contribution in [0, 0.1) is 11.3 Å². The van der Waals surface area contributed by atoms with Crippen molar-refractivity contribution in [3.63, 3.8) is 0 Å². The van der Waals surface area contributed by atoms with Gasteiger partial charge < -0.3 is 9.47 Å². The summed E-state index contributed by atoms with van der Waals surface area (Å²) in [7, 11) is 0. The molecule has 0 spiro atoms. The van der Waals surface area contributed by atoms with Gasteiger partial charge in [-0.2, -0.15) is 31.6 Å². The Morgan fingerprint density at radius 1 is 0.915 bits per heavy atom. The van der Waals surface area contributed by atoms with Gasteiger partial charge in [-0.3, -0.25) is 9.47 Å². The molecular formula is C33H29F6N5O3. The monoisotopic (exact) mass is 657 g/mol. The maximum absolute atomic E-state index is 14.0. The molecule has 47 heavy (non-hydrogen) atoms. The van der Waals surface area contributed by atoms with E-state index in [4.69, 9.17) is 9.47 Å². The molecule has 0 bridgehead atoms. The molecule has 1 saturated heterocycles. The summed E-state index contributed by atoms with van der Waals surface area (Å²) in [6, 6.07) is 21.1. The number of hydrogen-bond donors (Lipinski definition) is 0. The normalized spacial score (nSPS) is 20.8. The van der Waals surface area contributed by atoms with Crippen LogP contribution in [0.5, 0.6) is 0 Å². The summed E-state index contributed by atoms with van der Waals surface area (Å²) < 4.78 is 95.0. The number of hydrogen-bond acceptors (Lipinski definition) is 6. The maximum atomic E-state index is 14.0. The van der Waals surface area contributed by atoms with E-state index in [9.17, 15) is 36.4 Å². The van der Waals surface area contributed by atoms with E-state index < -0.39 is 46.8 Å². The van der Waals surface area contributed by atoms with Crippen LogP contribution in [-0.2, 0) is 39.5 Å². The van der Waals surface area contributed by atoms with Crippen molar-refractivity contribution in [2.24, 2.45) is 0 Å². The molecule has 14 heteroatoms. The lowest BCUT2D eigenvalue weighted by Gasteiger charge is -2.51. The first-order valence-corrected chi connectivity index (χ1v) is 14.5. The van der Waals surface area contributed by atoms with Crippen LogP contribution in [0.4, 0.5) is 31.1 Å². The third-order valence-corrected chi connectivity index (χ3v) is 8.40. The summed E-state index contributed by atoms with van der Waals surface area (Å²) in [4.78, 5) is 15.4. The van der Waals surface area contributed by atoms with E-state index >= 15 is 0 Å². The van der Waals surface area contributed by atoms with Crippen molar-refractivity contribution < 1.29 is 40.6 Å². The third kappa shape index (κ3) is 7.10. The molecule has 1 fully saturated rings. The van der Waals surface area contributed by atoms with Gasteiger partial charge in [0, 0.05) is 0 Å². The second-order valence-corrected chi connectivity index (χ2v) is 11.3. The SMILES string of the molecule is C[C@@H](OC[C@@]1(c2ccccc2)CC[C@@](C#N)(n2cnnc2)CN1C(=O)OCc1ccccc1)c1cc(C(F)(F)F)cc(C(F)(F)F)c1. The minimum Gasteiger partial charge on any atom is -0.445 e. The first-order valence-electron chi connectivity index (χ1n) is 14.5. The number of benzene rings is 3. The Morgan fingerprint density at radius 3 is 2.04 bits per heavy atom. The van der Waals surface area contributed by atoms with Gasteiger partial charge in [0.1, 0.15) is 19.3 Å². The Balaban J connectivity index is 1.54. The van der Waals surface area contributed by atoms with Crippen molar-refractivity contribution in [3.8, 4) is 6.07 Å². The zero-order valence-electron chi connectivity index (χ0n) is 25.0. The number of carbonyl (C=O) groups is 1. The predicted molar refractivity (Wildman–Crippen MR) is 155 cm³/mol. The highest BCUT2D eigenvalue weighted by molar-refractivity contribution is 5.70. The van der Waals surface area contributed by atoms with Crippen LogP contribution in [-0.4, -0.2) is 38.9 Å². The van der Waals surface area contributed by atoms with Crippen LogP contribution in [0.25, 0.3) is 0 Å². The van der Waals surface area contributed by atoms with E-state index in [1.165, 1.54) is 29.0 Å². The fraction of sp³-hybridized carbons (Fsp3) is 0.333. The molecule has 1 aliphatic heterocycles. The fourth-order valence-corrected chi connectivity index (χ4v) is 5.71. The molecule has 3 atom stereocenters. The van der Waals surface area contributed by atoms with Crippen LogP contribution in [0.3, 0.4) is 0 Å². The van der Waals surface area contributed by atoms with Crippen LogP contribution in [0.1, 0.15) is 53.7 Å². The maximum Gasteiger partial charge on any atom is 0.416 e. The molecule has 0 radical (unpaired) electrons. The average Bonchev–Trinajstić information content (AvgIpc) is 3.62. The van der Waals surface area contributed by atoms with E-state index in [0.29, 0.717) is 23.3 Å². The van der Waals surface area contributed by atoms with Crippen molar-refractivity contribution >= 4 is 6.09 Å². The number of ether oxygens (including phenoxy) is 2. The summed E-state index contributed by atoms with van der Waals surface area (Å²) in [5.41, 5.74) is -4.67. The van der Waals surface area contributed by atoms with E-state index in [1.54, 1.807) is 60.7 Å². The molecule has 0 aliphatic carbocycles. The van der Waals surface area contributed by atoms with Gasteiger partial charge in [0.15, 0.2) is 5.54 Å². The van der Waals surface area contributed by atoms with Crippen LogP contribution in [0.15, 0.2) is 91.5 Å². The number of amides is 1. The lowest BCUT2D eigenvalue weighted by Crippen LogP contribution is -2.62. The summed E-state index contributed by atoms with van der Waals surface area (Å²) in [6.45, 7) is 0.671. The Kier molecular flexibility index (Phi) is 9.31. The van der Waals surface area contributed by atoms with Gasteiger partial charge >= 0.3 is 18.4 Å². The van der Waals surface area contributed by atoms with Crippen molar-refractivity contribution in [3.05, 3.63) is 119 Å². The Bertz CT molecular complexity index is 1680. The van der Waals surface area contributed by atoms with E-state index in [0.717, 1.165) is 0 Å². The Morgan fingerprint density at radius 2 is 1.49 bits per heavy atom. The van der Waals surface area contributed by atoms with Crippen LogP contribution < -0.4 is 0 Å². The Labute approximate surface area is 266 Å². The number of nitrogens with zero attached hydrogens (tertiary/aromatic N) is 5. The number of carbonyl (C=O) groups excluding carboxylic acids is 1. The zero-order valence-corrected chi connectivity index (χ0v) is 25.0. The van der Waals surface area contributed by atoms with E-state index in [-0.39, 0.29) is 44.2 Å². The van der Waals surface area contributed by atoms with E-state index in [2.05, 4.69) is 16.3 Å². The molecule has 2 heterocycles. The standard InChI is InChI=1S/C33H29F6N5O3/c1-23(25-14-27(32(34,35)36)16-28(15-25)33(37,38)39)47-20-31(26-10-6-3-7-11-26)13-12-30(18-40,43-21-41-42-22-43)19-44(31)29(45)46-17-24-8-4-2-5-9-24/h2-11,14-16,21-23H,12-13,17,19-20H2,1H3/t23-,30+,31-/m1/s1. The smallest absolute Gasteiger partial charge is 0.416 e. The zero-order chi connectivity index (χ0) is 33.9. The van der Waals surface area contributed by atoms with Gasteiger partial charge in [-0.15, -0.1) is 10.2 Å². The molecule has 4 aromatic rings. The fourth-order valence-electron chi connectivity index (χ4n) is 5.71. The number of nitriles is 1. The average molecular weight is 658 g/mol. The molecule has 1 aromatic heterocycles. The first kappa shape index (κ1) is 33.5. The number of rotatable bonds is 8. The van der Waals surface area contributed by atoms with Crippen molar-refractivity contribution in [1.82, 2.24) is 19.7 Å². The van der Waals surface area contributed by atoms with E-state index in [1.807, 2.05) is 0 Å². The summed E-state index contributed by atoms with van der Waals surface area (Å²) >= 11 is 0. The van der Waals surface area contributed by atoms with Crippen LogP contribution >= 0.6 is 0 Å². The number of alkyl halides is 6. The molecule has 3 aromatic carbocycles. The van der Waals surface area contributed by atoms with Gasteiger partial charge in [0.2, 0.25) is 0 Å². The molecule has 1 amide bonds. The second-order valence-electron chi connectivity index (χ2n) is 11.3. The Hall–Kier alpha value is -4.90. The minimum absolute atomic E-state index is 0.0553. The molecular weight excluding hydrogens is 628 g/mol. The number of halogens is 6. The minimum atomic E-state index is -5.04. The van der Waals surface area contributed by atoms with Crippen LogP contribution in [0.2, 0.25) is 0 Å². The quantitative estimate of drug-likeness (QED) is 0.181. The third-order valence-electron chi connectivity index (χ3n) is 8.40. The number of likely N-dealkylation sites (tertiary alicyclic amines) is 1. The molecule has 1 aliphatic rings. The van der Waals surface area contributed by atoms with Crippen molar-refractivity contribution in [2.75, 3.05) is 13.2 Å². The lowest BCUT2D eigenvalue weighted by molar-refractivity contribution is -0.143.